The quantitative estimate of drug-likeness (QED) is 0.118. The number of fused-ring (bicyclic) bond motifs is 2. The average Bonchev–Trinajstić information content (AvgIpc) is 3.45. The van der Waals surface area contributed by atoms with E-state index in [1.54, 1.807) is 0 Å². The Morgan fingerprint density at radius 1 is 0.641 bits per heavy atom. The molecule has 6 N–H and O–H groups in total. The maximum Gasteiger partial charge on any atom is 0.296 e. The number of benzene rings is 3. The maximum absolute atomic E-state index is 11.8. The van der Waals surface area contributed by atoms with Crippen LogP contribution in [0, 0.1) is 0 Å². The van der Waals surface area contributed by atoms with Crippen molar-refractivity contribution >= 4 is 63.5 Å². The fourth-order valence-electron chi connectivity index (χ4n) is 3.82. The highest BCUT2D eigenvalue weighted by molar-refractivity contribution is 7.87. The second-order valence-corrected chi connectivity index (χ2v) is 13.2. The minimum absolute atomic E-state index is 0.0614. The molecule has 1 unspecified atom stereocenters. The van der Waals surface area contributed by atoms with Gasteiger partial charge in [-0.05, 0) is 24.3 Å². The van der Waals surface area contributed by atoms with Crippen LogP contribution < -0.4 is 0 Å². The molecule has 0 spiro atoms. The summed E-state index contributed by atoms with van der Waals surface area (Å²) in [4.78, 5) is 11.3. The normalized spacial score (nSPS) is 13.7. The van der Waals surface area contributed by atoms with E-state index >= 15 is 0 Å². The molecule has 0 saturated heterocycles. The van der Waals surface area contributed by atoms with Gasteiger partial charge in [-0.1, -0.05) is 24.3 Å². The molecule has 0 aliphatic heterocycles. The first-order valence-electron chi connectivity index (χ1n) is 10.2. The molecule has 19 heteroatoms. The Kier molecular flexibility index (Phi) is 6.23. The van der Waals surface area contributed by atoms with Crippen molar-refractivity contribution in [2.24, 2.45) is 0 Å². The predicted octanol–water partition coefficient (Wildman–Crippen LogP) is 2.09. The van der Waals surface area contributed by atoms with Crippen molar-refractivity contribution < 1.29 is 47.7 Å². The Bertz CT molecular complexity index is 2170. The fourth-order valence-corrected chi connectivity index (χ4v) is 6.30. The van der Waals surface area contributed by atoms with Gasteiger partial charge in [-0.2, -0.15) is 25.3 Å². The zero-order valence-corrected chi connectivity index (χ0v) is 22.1. The van der Waals surface area contributed by atoms with Crippen molar-refractivity contribution in [3.8, 4) is 22.8 Å². The molecule has 0 saturated carbocycles. The van der Waals surface area contributed by atoms with E-state index < -0.39 is 56.1 Å². The summed E-state index contributed by atoms with van der Waals surface area (Å²) < 4.78 is 120. The highest BCUT2D eigenvalue weighted by Gasteiger charge is 2.24. The van der Waals surface area contributed by atoms with Crippen LogP contribution in [0.15, 0.2) is 68.1 Å². The Labute approximate surface area is 221 Å². The van der Waals surface area contributed by atoms with E-state index in [-0.39, 0.29) is 38.6 Å². The Hall–Kier alpha value is -3.56. The molecule has 1 atom stereocenters. The van der Waals surface area contributed by atoms with Crippen molar-refractivity contribution in [1.29, 1.82) is 0 Å². The summed E-state index contributed by atoms with van der Waals surface area (Å²) in [6, 6.07) is 9.60. The number of nitrogens with one attached hydrogen (secondary N) is 2. The molecule has 0 aliphatic rings. The van der Waals surface area contributed by atoms with Gasteiger partial charge < -0.3 is 14.5 Å². The molecule has 0 bridgehead atoms. The molecule has 3 aromatic carbocycles. The highest BCUT2D eigenvalue weighted by Crippen LogP contribution is 2.31. The minimum Gasteiger partial charge on any atom is -0.338 e. The molecule has 5 rings (SSSR count). The van der Waals surface area contributed by atoms with Crippen molar-refractivity contribution in [3.63, 3.8) is 0 Å². The van der Waals surface area contributed by atoms with Crippen LogP contribution in [0.3, 0.4) is 0 Å². The molecule has 204 valence electrons. The van der Waals surface area contributed by atoms with Crippen LogP contribution in [-0.4, -0.2) is 67.6 Å². The van der Waals surface area contributed by atoms with Crippen molar-refractivity contribution in [3.05, 3.63) is 48.5 Å². The zero-order chi connectivity index (χ0) is 28.5. The number of aromatic amines is 2. The summed E-state index contributed by atoms with van der Waals surface area (Å²) in [5.74, 6) is 0.209. The van der Waals surface area contributed by atoms with Crippen LogP contribution in [0.5, 0.6) is 0 Å². The molecule has 0 fully saturated rings. The number of aromatic nitrogens is 4. The third kappa shape index (κ3) is 5.08. The van der Waals surface area contributed by atoms with E-state index in [4.69, 9.17) is 0 Å². The molecule has 5 aromatic rings. The fraction of sp³-hybridized carbons (Fsp3) is 0. The molecule has 2 heterocycles. The number of hydrogen-bond acceptors (Lipinski definition) is 9. The Morgan fingerprint density at radius 2 is 1.08 bits per heavy atom. The van der Waals surface area contributed by atoms with E-state index in [0.717, 1.165) is 12.1 Å². The molecule has 2 aromatic heterocycles. The first-order valence-corrected chi connectivity index (χ1v) is 15.7. The van der Waals surface area contributed by atoms with Gasteiger partial charge in [0.05, 0.1) is 20.8 Å². The summed E-state index contributed by atoms with van der Waals surface area (Å²) >= 11 is -2.54. The molecular weight excluding hydrogens is 601 g/mol. The molecule has 0 amide bonds. The van der Waals surface area contributed by atoms with E-state index in [1.807, 2.05) is 0 Å². The first-order chi connectivity index (χ1) is 18.0. The van der Waals surface area contributed by atoms with E-state index in [1.165, 1.54) is 30.3 Å². The molecule has 0 aliphatic carbocycles. The summed E-state index contributed by atoms with van der Waals surface area (Å²) in [6.45, 7) is 0. The lowest BCUT2D eigenvalue weighted by atomic mass is 10.1. The third-order valence-electron chi connectivity index (χ3n) is 5.54. The predicted molar refractivity (Wildman–Crippen MR) is 135 cm³/mol. The largest absolute Gasteiger partial charge is 0.338 e. The van der Waals surface area contributed by atoms with Crippen LogP contribution in [-0.2, 0) is 41.4 Å². The van der Waals surface area contributed by atoms with Gasteiger partial charge in [-0.3, -0.25) is 13.7 Å². The highest BCUT2D eigenvalue weighted by atomic mass is 32.2. The van der Waals surface area contributed by atoms with E-state index in [2.05, 4.69) is 19.9 Å². The smallest absolute Gasteiger partial charge is 0.296 e. The van der Waals surface area contributed by atoms with Crippen molar-refractivity contribution in [1.82, 2.24) is 19.9 Å². The zero-order valence-electron chi connectivity index (χ0n) is 18.8. The lowest BCUT2D eigenvalue weighted by Gasteiger charge is -2.02. The summed E-state index contributed by atoms with van der Waals surface area (Å²) in [6.07, 6.45) is 0. The second-order valence-electron chi connectivity index (χ2n) is 8.06. The minimum atomic E-state index is -4.93. The molecule has 39 heavy (non-hydrogen) atoms. The number of hydrogen-bond donors (Lipinski definition) is 6. The third-order valence-corrected chi connectivity index (χ3v) is 8.74. The van der Waals surface area contributed by atoms with Crippen LogP contribution in [0.4, 0.5) is 0 Å². The summed E-state index contributed by atoms with van der Waals surface area (Å²) in [5, 5.41) is 0. The standard InChI is InChI=1S/C20H14N4O11S4/c25-36(26)11-5-13-17(15(6-11)38(30,31)32)23-19(21-13)9-1-3-10(4-2-9)20-22-14-7-12(37(27,28)29)8-16(18(14)24-20)39(33,34)35/h1-8H,(H,21,23)(H,22,24)(H,25,26)(H,27,28,29)(H,30,31,32)(H,33,34,35). The Balaban J connectivity index is 1.60. The SMILES string of the molecule is O=S(O)c1cc(S(=O)(=O)O)c2nc(-c3ccc(-c4nc5c(S(=O)(=O)O)cc(S(=O)(=O)O)cc5[nH]4)cc3)[nH]c2c1. The van der Waals surface area contributed by atoms with Crippen LogP contribution in [0.2, 0.25) is 0 Å². The van der Waals surface area contributed by atoms with Gasteiger partial charge in [-0.15, -0.1) is 0 Å². The van der Waals surface area contributed by atoms with Crippen LogP contribution >= 0.6 is 0 Å². The number of nitrogens with zero attached hydrogens (tertiary/aromatic N) is 2. The van der Waals surface area contributed by atoms with Gasteiger partial charge in [0.25, 0.3) is 30.4 Å². The number of rotatable bonds is 6. The van der Waals surface area contributed by atoms with Gasteiger partial charge in [0.2, 0.25) is 0 Å². The van der Waals surface area contributed by atoms with Gasteiger partial charge in [0.1, 0.15) is 32.5 Å². The van der Waals surface area contributed by atoms with E-state index in [0.29, 0.717) is 17.2 Å². The lowest BCUT2D eigenvalue weighted by Crippen LogP contribution is -2.04. The average molecular weight is 615 g/mol. The molecular formula is C20H14N4O11S4. The van der Waals surface area contributed by atoms with Crippen LogP contribution in [0.1, 0.15) is 0 Å². The van der Waals surface area contributed by atoms with E-state index in [9.17, 15) is 47.7 Å². The van der Waals surface area contributed by atoms with Gasteiger partial charge in [0.15, 0.2) is 11.1 Å². The van der Waals surface area contributed by atoms with Gasteiger partial charge in [0, 0.05) is 11.1 Å². The summed E-state index contributed by atoms with van der Waals surface area (Å²) in [7, 11) is -14.5. The maximum atomic E-state index is 11.8. The van der Waals surface area contributed by atoms with Gasteiger partial charge in [-0.25, -0.2) is 14.2 Å². The molecule has 0 radical (unpaired) electrons. The monoisotopic (exact) mass is 614 g/mol. The molecule has 15 nitrogen and oxygen atoms in total. The van der Waals surface area contributed by atoms with Crippen molar-refractivity contribution in [2.75, 3.05) is 0 Å². The number of H-pyrrole nitrogens is 2. The van der Waals surface area contributed by atoms with Crippen molar-refractivity contribution in [2.45, 2.75) is 19.6 Å². The van der Waals surface area contributed by atoms with Gasteiger partial charge >= 0.3 is 0 Å². The first kappa shape index (κ1) is 27.0. The number of imidazole rings is 2. The topological polar surface area (TPSA) is 258 Å². The Morgan fingerprint density at radius 3 is 1.49 bits per heavy atom. The second kappa shape index (κ2) is 8.99. The lowest BCUT2D eigenvalue weighted by molar-refractivity contribution is 0.479. The van der Waals surface area contributed by atoms with Crippen LogP contribution in [0.25, 0.3) is 44.8 Å². The summed E-state index contributed by atoms with van der Waals surface area (Å²) in [5.41, 5.74) is 0.283.